The van der Waals surface area contributed by atoms with E-state index in [0.29, 0.717) is 23.8 Å². The average Bonchev–Trinajstić information content (AvgIpc) is 2.87. The van der Waals surface area contributed by atoms with Gasteiger partial charge in [-0.1, -0.05) is 24.3 Å². The molecule has 9 heteroatoms. The van der Waals surface area contributed by atoms with E-state index < -0.39 is 22.5 Å². The van der Waals surface area contributed by atoms with Gasteiger partial charge in [-0.3, -0.25) is 9.10 Å². The number of sulfonamides is 1. The Balaban J connectivity index is 1.89. The summed E-state index contributed by atoms with van der Waals surface area (Å²) in [5.41, 5.74) is 1.17. The van der Waals surface area contributed by atoms with Gasteiger partial charge in [-0.2, -0.15) is 0 Å². The van der Waals surface area contributed by atoms with Gasteiger partial charge >= 0.3 is 0 Å². The van der Waals surface area contributed by atoms with Crippen LogP contribution in [0, 0.1) is 0 Å². The lowest BCUT2D eigenvalue weighted by Gasteiger charge is -2.26. The standard InChI is InChI=1S/C25H28N2O5S2/c1-4-32-24-8-6-5-7-23(24)27(34(29,30)22-15-13-21(33-3)14-16-22)18-25(28)26-17-19-9-11-20(31-2)12-10-19/h5-16H,4,17-18H2,1-3H3,(H,26,28). The molecule has 34 heavy (non-hydrogen) atoms. The molecule has 0 unspecified atom stereocenters. The van der Waals surface area contributed by atoms with Gasteiger partial charge in [0.1, 0.15) is 18.0 Å². The number of para-hydroxylation sites is 2. The monoisotopic (exact) mass is 500 g/mol. The summed E-state index contributed by atoms with van der Waals surface area (Å²) in [6.45, 7) is 2.04. The first-order valence-corrected chi connectivity index (χ1v) is 13.3. The van der Waals surface area contributed by atoms with Crippen molar-refractivity contribution in [2.75, 3.05) is 30.8 Å². The molecule has 0 fully saturated rings. The van der Waals surface area contributed by atoms with Gasteiger partial charge in [0.25, 0.3) is 10.0 Å². The summed E-state index contributed by atoms with van der Waals surface area (Å²) >= 11 is 1.52. The molecule has 0 aliphatic rings. The fourth-order valence-corrected chi connectivity index (χ4v) is 5.09. The second-order valence-electron chi connectivity index (χ2n) is 7.21. The zero-order valence-corrected chi connectivity index (χ0v) is 21.0. The number of benzene rings is 3. The Hall–Kier alpha value is -3.17. The molecule has 1 amide bonds. The molecule has 0 atom stereocenters. The van der Waals surface area contributed by atoms with Crippen LogP contribution in [0.3, 0.4) is 0 Å². The van der Waals surface area contributed by atoms with E-state index in [1.165, 1.54) is 11.8 Å². The molecular formula is C25H28N2O5S2. The smallest absolute Gasteiger partial charge is 0.264 e. The number of anilines is 1. The molecule has 3 aromatic rings. The second kappa shape index (κ2) is 11.8. The number of rotatable bonds is 11. The average molecular weight is 501 g/mol. The number of hydrogen-bond donors (Lipinski definition) is 1. The second-order valence-corrected chi connectivity index (χ2v) is 9.95. The van der Waals surface area contributed by atoms with Gasteiger partial charge < -0.3 is 14.8 Å². The van der Waals surface area contributed by atoms with E-state index >= 15 is 0 Å². The van der Waals surface area contributed by atoms with Gasteiger partial charge in [-0.05, 0) is 67.3 Å². The van der Waals surface area contributed by atoms with E-state index in [9.17, 15) is 13.2 Å². The van der Waals surface area contributed by atoms with E-state index in [2.05, 4.69) is 5.32 Å². The Kier molecular flexibility index (Phi) is 8.84. The highest BCUT2D eigenvalue weighted by Crippen LogP contribution is 2.32. The predicted octanol–water partition coefficient (Wildman–Crippen LogP) is 4.33. The fourth-order valence-electron chi connectivity index (χ4n) is 3.25. The van der Waals surface area contributed by atoms with Crippen molar-refractivity contribution in [1.29, 1.82) is 0 Å². The molecule has 0 aromatic heterocycles. The number of hydrogen-bond acceptors (Lipinski definition) is 6. The van der Waals surface area contributed by atoms with Crippen LogP contribution in [0.15, 0.2) is 82.6 Å². The molecule has 0 heterocycles. The number of amides is 1. The lowest BCUT2D eigenvalue weighted by atomic mass is 10.2. The lowest BCUT2D eigenvalue weighted by Crippen LogP contribution is -2.40. The normalized spacial score (nSPS) is 11.0. The lowest BCUT2D eigenvalue weighted by molar-refractivity contribution is -0.119. The zero-order valence-electron chi connectivity index (χ0n) is 19.4. The predicted molar refractivity (Wildman–Crippen MR) is 135 cm³/mol. The highest BCUT2D eigenvalue weighted by Gasteiger charge is 2.29. The summed E-state index contributed by atoms with van der Waals surface area (Å²) < 4.78 is 39.2. The minimum atomic E-state index is -4.04. The van der Waals surface area contributed by atoms with Crippen molar-refractivity contribution in [3.8, 4) is 11.5 Å². The molecule has 180 valence electrons. The first-order valence-electron chi connectivity index (χ1n) is 10.7. The minimum absolute atomic E-state index is 0.0968. The molecule has 0 saturated carbocycles. The van der Waals surface area contributed by atoms with Gasteiger partial charge in [0.15, 0.2) is 0 Å². The van der Waals surface area contributed by atoms with Gasteiger partial charge in [0.2, 0.25) is 5.91 Å². The topological polar surface area (TPSA) is 84.9 Å². The van der Waals surface area contributed by atoms with Crippen molar-refractivity contribution in [3.63, 3.8) is 0 Å². The van der Waals surface area contributed by atoms with Crippen molar-refractivity contribution in [1.82, 2.24) is 5.32 Å². The van der Waals surface area contributed by atoms with Gasteiger partial charge in [0.05, 0.1) is 24.3 Å². The van der Waals surface area contributed by atoms with Crippen molar-refractivity contribution in [2.24, 2.45) is 0 Å². The Morgan fingerprint density at radius 2 is 1.68 bits per heavy atom. The summed E-state index contributed by atoms with van der Waals surface area (Å²) in [4.78, 5) is 13.9. The van der Waals surface area contributed by atoms with Crippen LogP contribution in [-0.2, 0) is 21.4 Å². The van der Waals surface area contributed by atoms with Crippen LogP contribution in [0.5, 0.6) is 11.5 Å². The maximum Gasteiger partial charge on any atom is 0.264 e. The Morgan fingerprint density at radius 1 is 1.00 bits per heavy atom. The van der Waals surface area contributed by atoms with Gasteiger partial charge in [0, 0.05) is 11.4 Å². The molecule has 1 N–H and O–H groups in total. The molecule has 0 saturated heterocycles. The van der Waals surface area contributed by atoms with E-state index in [0.717, 1.165) is 14.8 Å². The summed E-state index contributed by atoms with van der Waals surface area (Å²) in [5, 5.41) is 2.80. The van der Waals surface area contributed by atoms with Crippen molar-refractivity contribution in [3.05, 3.63) is 78.4 Å². The molecule has 0 aliphatic heterocycles. The molecule has 7 nitrogen and oxygen atoms in total. The maximum atomic E-state index is 13.6. The number of thioether (sulfide) groups is 1. The first kappa shape index (κ1) is 25.5. The summed E-state index contributed by atoms with van der Waals surface area (Å²) in [7, 11) is -2.46. The van der Waals surface area contributed by atoms with Gasteiger partial charge in [-0.15, -0.1) is 11.8 Å². The molecule has 0 bridgehead atoms. The molecule has 3 rings (SSSR count). The van der Waals surface area contributed by atoms with Crippen LogP contribution >= 0.6 is 11.8 Å². The fraction of sp³-hybridized carbons (Fsp3) is 0.240. The van der Waals surface area contributed by atoms with Gasteiger partial charge in [-0.25, -0.2) is 8.42 Å². The number of methoxy groups -OCH3 is 1. The summed E-state index contributed by atoms with van der Waals surface area (Å²) in [6, 6.07) is 20.7. The third kappa shape index (κ3) is 6.24. The molecule has 3 aromatic carbocycles. The highest BCUT2D eigenvalue weighted by atomic mass is 32.2. The highest BCUT2D eigenvalue weighted by molar-refractivity contribution is 7.98. The minimum Gasteiger partial charge on any atom is -0.497 e. The van der Waals surface area contributed by atoms with Crippen molar-refractivity contribution in [2.45, 2.75) is 23.3 Å². The zero-order chi connectivity index (χ0) is 24.6. The molecule has 0 radical (unpaired) electrons. The SMILES string of the molecule is CCOc1ccccc1N(CC(=O)NCc1ccc(OC)cc1)S(=O)(=O)c1ccc(SC)cc1. The summed E-state index contributed by atoms with van der Waals surface area (Å²) in [6.07, 6.45) is 1.92. The van der Waals surface area contributed by atoms with Crippen LogP contribution < -0.4 is 19.1 Å². The number of carbonyl (C=O) groups is 1. The van der Waals surface area contributed by atoms with E-state index in [1.807, 2.05) is 25.3 Å². The van der Waals surface area contributed by atoms with Crippen molar-refractivity contribution < 1.29 is 22.7 Å². The van der Waals surface area contributed by atoms with Crippen LogP contribution in [0.1, 0.15) is 12.5 Å². The third-order valence-corrected chi connectivity index (χ3v) is 7.53. The molecular weight excluding hydrogens is 472 g/mol. The van der Waals surface area contributed by atoms with Crippen LogP contribution in [0.2, 0.25) is 0 Å². The Bertz CT molecular complexity index is 1200. The summed E-state index contributed by atoms with van der Waals surface area (Å²) in [5.74, 6) is 0.663. The van der Waals surface area contributed by atoms with Crippen LogP contribution in [-0.4, -0.2) is 40.8 Å². The molecule has 0 aliphatic carbocycles. The quantitative estimate of drug-likeness (QED) is 0.395. The largest absolute Gasteiger partial charge is 0.497 e. The number of carbonyl (C=O) groups excluding carboxylic acids is 1. The number of ether oxygens (including phenoxy) is 2. The number of nitrogens with one attached hydrogen (secondary N) is 1. The first-order chi connectivity index (χ1) is 16.4. The van der Waals surface area contributed by atoms with Crippen LogP contribution in [0.25, 0.3) is 0 Å². The Morgan fingerprint density at radius 3 is 2.29 bits per heavy atom. The van der Waals surface area contributed by atoms with Crippen LogP contribution in [0.4, 0.5) is 5.69 Å². The number of nitrogens with zero attached hydrogens (tertiary/aromatic N) is 1. The maximum absolute atomic E-state index is 13.6. The van der Waals surface area contributed by atoms with E-state index in [4.69, 9.17) is 9.47 Å². The van der Waals surface area contributed by atoms with Crippen molar-refractivity contribution >= 4 is 33.4 Å². The van der Waals surface area contributed by atoms with E-state index in [-0.39, 0.29) is 11.4 Å². The third-order valence-electron chi connectivity index (χ3n) is 5.02. The Labute approximate surface area is 205 Å². The van der Waals surface area contributed by atoms with E-state index in [1.54, 1.807) is 67.8 Å². The molecule has 0 spiro atoms.